The molecule has 0 aliphatic rings. The highest BCUT2D eigenvalue weighted by Gasteiger charge is 2.20. The number of carbonyl (C=O) groups excluding carboxylic acids is 1. The molecule has 12 heteroatoms. The molecule has 0 fully saturated rings. The molecule has 0 aliphatic carbocycles. The average Bonchev–Trinajstić information content (AvgIpc) is 3.28. The number of rotatable bonds is 12. The van der Waals surface area contributed by atoms with E-state index in [4.69, 9.17) is 16.3 Å². The van der Waals surface area contributed by atoms with Crippen LogP contribution in [0, 0.1) is 0 Å². The Morgan fingerprint density at radius 1 is 1.19 bits per heavy atom. The molecular formula is C30H32ClF2N7O2. The number of hydrogen-bond acceptors (Lipinski definition) is 7. The summed E-state index contributed by atoms with van der Waals surface area (Å²) in [5.41, 5.74) is 3.20. The van der Waals surface area contributed by atoms with Crippen molar-refractivity contribution in [2.75, 3.05) is 49.8 Å². The van der Waals surface area contributed by atoms with Crippen LogP contribution in [0.2, 0.25) is 5.02 Å². The number of aryl methyl sites for hydroxylation is 1. The van der Waals surface area contributed by atoms with E-state index in [1.54, 1.807) is 7.05 Å². The van der Waals surface area contributed by atoms with Crippen LogP contribution in [0.25, 0.3) is 22.2 Å². The topological polar surface area (TPSA) is 87.5 Å². The van der Waals surface area contributed by atoms with E-state index in [1.807, 2.05) is 66.0 Å². The second kappa shape index (κ2) is 13.5. The predicted molar refractivity (Wildman–Crippen MR) is 165 cm³/mol. The number of benzene rings is 2. The molecule has 0 saturated heterocycles. The number of alkyl halides is 2. The lowest BCUT2D eigenvalue weighted by Crippen LogP contribution is -2.29. The van der Waals surface area contributed by atoms with Gasteiger partial charge in [0.15, 0.2) is 5.75 Å². The zero-order valence-electron chi connectivity index (χ0n) is 23.7. The number of nitrogens with zero attached hydrogens (tertiary/aromatic N) is 5. The molecule has 0 aliphatic heterocycles. The largest absolute Gasteiger partial charge is 0.433 e. The van der Waals surface area contributed by atoms with Gasteiger partial charge in [0.25, 0.3) is 0 Å². The van der Waals surface area contributed by atoms with Gasteiger partial charge in [0.05, 0.1) is 34.0 Å². The minimum absolute atomic E-state index is 0.0963. The third-order valence-corrected chi connectivity index (χ3v) is 6.67. The van der Waals surface area contributed by atoms with Crippen LogP contribution in [0.3, 0.4) is 0 Å². The Kier molecular flexibility index (Phi) is 9.76. The number of nitrogens with one attached hydrogen (secondary N) is 2. The van der Waals surface area contributed by atoms with Crippen molar-refractivity contribution in [3.8, 4) is 17.0 Å². The Bertz CT molecular complexity index is 1620. The van der Waals surface area contributed by atoms with Crippen LogP contribution in [0.4, 0.5) is 31.8 Å². The summed E-state index contributed by atoms with van der Waals surface area (Å²) < 4.78 is 34.0. The van der Waals surface area contributed by atoms with Crippen LogP contribution in [0.15, 0.2) is 73.6 Å². The fourth-order valence-electron chi connectivity index (χ4n) is 4.34. The quantitative estimate of drug-likeness (QED) is 0.147. The Morgan fingerprint density at radius 2 is 1.95 bits per heavy atom. The molecule has 0 atom stereocenters. The molecular weight excluding hydrogens is 564 g/mol. The maximum Gasteiger partial charge on any atom is 0.387 e. The summed E-state index contributed by atoms with van der Waals surface area (Å²) in [6, 6.07) is 10.8. The summed E-state index contributed by atoms with van der Waals surface area (Å²) in [5, 5.41) is 7.06. The molecule has 0 saturated carbocycles. The first-order valence-corrected chi connectivity index (χ1v) is 13.4. The van der Waals surface area contributed by atoms with E-state index in [9.17, 15) is 13.6 Å². The van der Waals surface area contributed by atoms with Gasteiger partial charge in [-0.2, -0.15) is 8.78 Å². The lowest BCUT2D eigenvalue weighted by molar-refractivity contribution is -0.111. The van der Waals surface area contributed by atoms with Gasteiger partial charge >= 0.3 is 6.61 Å². The summed E-state index contributed by atoms with van der Waals surface area (Å²) in [6.45, 7) is 1.71. The summed E-state index contributed by atoms with van der Waals surface area (Å²) in [5.74, 6) is -0.479. The molecule has 42 heavy (non-hydrogen) atoms. The normalized spacial score (nSPS) is 11.5. The van der Waals surface area contributed by atoms with Gasteiger partial charge in [0, 0.05) is 62.0 Å². The van der Waals surface area contributed by atoms with Crippen LogP contribution in [-0.4, -0.2) is 66.2 Å². The van der Waals surface area contributed by atoms with Crippen LogP contribution in [0.1, 0.15) is 0 Å². The van der Waals surface area contributed by atoms with Crippen molar-refractivity contribution >= 4 is 51.4 Å². The van der Waals surface area contributed by atoms with E-state index in [1.165, 1.54) is 36.6 Å². The number of aromatic nitrogens is 3. The van der Waals surface area contributed by atoms with E-state index in [2.05, 4.69) is 27.2 Å². The van der Waals surface area contributed by atoms with Crippen LogP contribution >= 0.6 is 11.6 Å². The second-order valence-corrected chi connectivity index (χ2v) is 10.1. The van der Waals surface area contributed by atoms with E-state index in [0.717, 1.165) is 16.5 Å². The summed E-state index contributed by atoms with van der Waals surface area (Å²) >= 11 is 6.52. The standard InChI is InChI=1S/C30H32ClF2N7O2/c1-6-7-12-27(41)35-22-15-23(26(42-29(32)33)16-25(22)39(4)14-13-38(2)3)36-30-34-17-21(31)28(37-30)20-18-40(5)24-11-9-8-10-19(20)24/h6-12,15-18,29H,1,13-14H2,2-5H3,(H,35,41)(H,34,36,37)/b12-7-. The number of anilines is 4. The molecule has 220 valence electrons. The van der Waals surface area contributed by atoms with E-state index in [0.29, 0.717) is 35.2 Å². The highest BCUT2D eigenvalue weighted by atomic mass is 35.5. The van der Waals surface area contributed by atoms with Gasteiger partial charge < -0.3 is 29.7 Å². The molecule has 2 aromatic carbocycles. The Hall–Kier alpha value is -4.48. The predicted octanol–water partition coefficient (Wildman–Crippen LogP) is 6.31. The number of fused-ring (bicyclic) bond motifs is 1. The lowest BCUT2D eigenvalue weighted by Gasteiger charge is -2.26. The molecule has 9 nitrogen and oxygen atoms in total. The Morgan fingerprint density at radius 3 is 2.67 bits per heavy atom. The van der Waals surface area contributed by atoms with Crippen molar-refractivity contribution in [3.05, 3.63) is 78.6 Å². The Balaban J connectivity index is 1.79. The monoisotopic (exact) mass is 595 g/mol. The smallest absolute Gasteiger partial charge is 0.387 e. The number of amides is 1. The first-order chi connectivity index (χ1) is 20.1. The zero-order chi connectivity index (χ0) is 30.4. The molecule has 0 radical (unpaired) electrons. The van der Waals surface area contributed by atoms with Crippen molar-refractivity contribution < 1.29 is 18.3 Å². The van der Waals surface area contributed by atoms with Crippen molar-refractivity contribution in [2.45, 2.75) is 6.61 Å². The first kappa shape index (κ1) is 30.5. The number of carbonyl (C=O) groups is 1. The molecule has 2 N–H and O–H groups in total. The van der Waals surface area contributed by atoms with Crippen molar-refractivity contribution in [3.63, 3.8) is 0 Å². The molecule has 0 bridgehead atoms. The number of allylic oxidation sites excluding steroid dienone is 2. The number of halogens is 3. The van der Waals surface area contributed by atoms with Crippen LogP contribution in [0.5, 0.6) is 5.75 Å². The summed E-state index contributed by atoms with van der Waals surface area (Å²) in [6.07, 6.45) is 7.63. The SMILES string of the molecule is C=C/C=C\C(=O)Nc1cc(Nc2ncc(Cl)c(-c3cn(C)c4ccccc34)n2)c(OC(F)F)cc1N(C)CCN(C)C. The van der Waals surface area contributed by atoms with Crippen molar-refractivity contribution in [1.82, 2.24) is 19.4 Å². The molecule has 2 heterocycles. The van der Waals surface area contributed by atoms with Crippen molar-refractivity contribution in [1.29, 1.82) is 0 Å². The van der Waals surface area contributed by atoms with Gasteiger partial charge in [-0.3, -0.25) is 4.79 Å². The average molecular weight is 596 g/mol. The third kappa shape index (κ3) is 7.23. The van der Waals surface area contributed by atoms with E-state index >= 15 is 0 Å². The summed E-state index contributed by atoms with van der Waals surface area (Å²) in [4.78, 5) is 25.3. The summed E-state index contributed by atoms with van der Waals surface area (Å²) in [7, 11) is 7.57. The lowest BCUT2D eigenvalue weighted by atomic mass is 10.1. The molecule has 4 aromatic rings. The van der Waals surface area contributed by atoms with Gasteiger partial charge in [-0.1, -0.05) is 48.5 Å². The molecule has 4 rings (SSSR count). The van der Waals surface area contributed by atoms with Crippen LogP contribution < -0.4 is 20.3 Å². The van der Waals surface area contributed by atoms with E-state index < -0.39 is 12.5 Å². The number of likely N-dealkylation sites (N-methyl/N-ethyl adjacent to an activating group) is 2. The minimum atomic E-state index is -3.10. The molecule has 2 aromatic heterocycles. The van der Waals surface area contributed by atoms with Gasteiger partial charge in [-0.05, 0) is 26.2 Å². The molecule has 0 spiro atoms. The van der Waals surface area contributed by atoms with Gasteiger partial charge in [-0.15, -0.1) is 0 Å². The van der Waals surface area contributed by atoms with E-state index in [-0.39, 0.29) is 17.4 Å². The second-order valence-electron chi connectivity index (χ2n) is 9.74. The number of para-hydroxylation sites is 1. The highest BCUT2D eigenvalue weighted by Crippen LogP contribution is 2.40. The highest BCUT2D eigenvalue weighted by molar-refractivity contribution is 6.33. The molecule has 1 amide bonds. The number of ether oxygens (including phenoxy) is 1. The fraction of sp³-hybridized carbons (Fsp3) is 0.233. The van der Waals surface area contributed by atoms with Gasteiger partial charge in [0.1, 0.15) is 0 Å². The zero-order valence-corrected chi connectivity index (χ0v) is 24.5. The first-order valence-electron chi connectivity index (χ1n) is 13.0. The fourth-order valence-corrected chi connectivity index (χ4v) is 4.54. The van der Waals surface area contributed by atoms with Gasteiger partial charge in [-0.25, -0.2) is 9.97 Å². The number of hydrogen-bond donors (Lipinski definition) is 2. The Labute approximate surface area is 248 Å². The maximum absolute atomic E-state index is 13.6. The third-order valence-electron chi connectivity index (χ3n) is 6.39. The van der Waals surface area contributed by atoms with Crippen molar-refractivity contribution in [2.24, 2.45) is 7.05 Å². The maximum atomic E-state index is 13.6. The minimum Gasteiger partial charge on any atom is -0.433 e. The molecule has 0 unspecified atom stereocenters. The van der Waals surface area contributed by atoms with Crippen LogP contribution in [-0.2, 0) is 11.8 Å². The van der Waals surface area contributed by atoms with Gasteiger partial charge in [0.2, 0.25) is 11.9 Å².